The molecular weight excluding hydrogens is 400 g/mol. The zero-order valence-corrected chi connectivity index (χ0v) is 17.8. The first-order valence-electron chi connectivity index (χ1n) is 9.80. The van der Waals surface area contributed by atoms with Crippen LogP contribution in [-0.2, 0) is 4.74 Å². The summed E-state index contributed by atoms with van der Waals surface area (Å²) in [4.78, 5) is 14.1. The smallest absolute Gasteiger partial charge is 0.225 e. The Balaban J connectivity index is 1.33. The molecule has 10 heteroatoms. The lowest BCUT2D eigenvalue weighted by atomic mass is 9.89. The second-order valence-corrected chi connectivity index (χ2v) is 8.66. The third-order valence-electron chi connectivity index (χ3n) is 5.91. The van der Waals surface area contributed by atoms with E-state index in [-0.39, 0.29) is 5.28 Å². The molecule has 2 fully saturated rings. The molecule has 28 heavy (non-hydrogen) atoms. The summed E-state index contributed by atoms with van der Waals surface area (Å²) in [5.41, 5.74) is 0.948. The molecule has 1 saturated heterocycles. The topological polar surface area (TPSA) is 86.6 Å². The van der Waals surface area contributed by atoms with Gasteiger partial charge in [0.25, 0.3) is 0 Å². The summed E-state index contributed by atoms with van der Waals surface area (Å²) in [7, 11) is 1.54. The largest absolute Gasteiger partial charge is 0.367 e. The van der Waals surface area contributed by atoms with Crippen LogP contribution in [0.3, 0.4) is 0 Å². The van der Waals surface area contributed by atoms with Crippen LogP contribution in [0.25, 0.3) is 10.2 Å². The predicted octanol–water partition coefficient (Wildman–Crippen LogP) is 2.31. The molecule has 1 unspecified atom stereocenters. The Kier molecular flexibility index (Phi) is 6.29. The summed E-state index contributed by atoms with van der Waals surface area (Å²) >= 11 is 7.46. The van der Waals surface area contributed by atoms with Gasteiger partial charge in [-0.05, 0) is 55.7 Å². The van der Waals surface area contributed by atoms with E-state index in [0.29, 0.717) is 12.1 Å². The standard InChI is InChI=1S/C18H27ClN6O2S/c1-11-14-15(21-17(19)22-16(14)28-23-11)20-12-3-5-13(6-4-12)24-7-9-25(10-8-24)18(26)27-2/h12-13,18,26H,3-10H2,1-2H3,(H,20,21,22)/t12-,13-,18?. The van der Waals surface area contributed by atoms with E-state index in [9.17, 15) is 5.11 Å². The number of aryl methyl sites for hydroxylation is 1. The Labute approximate surface area is 174 Å². The Morgan fingerprint density at radius 1 is 1.18 bits per heavy atom. The highest BCUT2D eigenvalue weighted by Gasteiger charge is 2.30. The van der Waals surface area contributed by atoms with Gasteiger partial charge in [0.1, 0.15) is 5.82 Å². The van der Waals surface area contributed by atoms with E-state index in [1.807, 2.05) is 11.8 Å². The van der Waals surface area contributed by atoms with Crippen LogP contribution >= 0.6 is 23.1 Å². The number of halogens is 1. The van der Waals surface area contributed by atoms with Gasteiger partial charge in [-0.15, -0.1) is 0 Å². The molecule has 1 aliphatic carbocycles. The van der Waals surface area contributed by atoms with E-state index < -0.39 is 6.41 Å². The average Bonchev–Trinajstić information content (AvgIpc) is 3.08. The van der Waals surface area contributed by atoms with Crippen molar-refractivity contribution in [3.63, 3.8) is 0 Å². The first kappa shape index (κ1) is 20.2. The fourth-order valence-corrected chi connectivity index (χ4v) is 5.32. The molecule has 0 spiro atoms. The lowest BCUT2D eigenvalue weighted by Gasteiger charge is -2.42. The number of hydrogen-bond acceptors (Lipinski definition) is 9. The lowest BCUT2D eigenvalue weighted by Crippen LogP contribution is -2.54. The molecule has 2 aromatic rings. The van der Waals surface area contributed by atoms with Crippen molar-refractivity contribution in [2.45, 2.75) is 51.1 Å². The second kappa shape index (κ2) is 8.73. The molecule has 0 aromatic carbocycles. The van der Waals surface area contributed by atoms with Crippen molar-refractivity contribution in [1.29, 1.82) is 0 Å². The number of rotatable bonds is 5. The maximum absolute atomic E-state index is 9.81. The van der Waals surface area contributed by atoms with E-state index >= 15 is 0 Å². The third-order valence-corrected chi connectivity index (χ3v) is 6.91. The van der Waals surface area contributed by atoms with Gasteiger partial charge < -0.3 is 15.2 Å². The second-order valence-electron chi connectivity index (χ2n) is 7.57. The molecule has 2 aromatic heterocycles. The number of aliphatic hydroxyl groups is 1. The maximum atomic E-state index is 9.81. The number of ether oxygens (including phenoxy) is 1. The van der Waals surface area contributed by atoms with Gasteiger partial charge in [-0.1, -0.05) is 0 Å². The van der Waals surface area contributed by atoms with Crippen LogP contribution in [0.2, 0.25) is 5.28 Å². The third kappa shape index (κ3) is 4.24. The summed E-state index contributed by atoms with van der Waals surface area (Å²) in [5, 5.41) is 14.7. The van der Waals surface area contributed by atoms with Crippen LogP contribution in [0.15, 0.2) is 0 Å². The zero-order chi connectivity index (χ0) is 19.7. The monoisotopic (exact) mass is 426 g/mol. The van der Waals surface area contributed by atoms with Crippen LogP contribution < -0.4 is 5.32 Å². The van der Waals surface area contributed by atoms with Gasteiger partial charge in [0.05, 0.1) is 11.1 Å². The maximum Gasteiger partial charge on any atom is 0.225 e. The number of nitrogens with one attached hydrogen (secondary N) is 1. The highest BCUT2D eigenvalue weighted by molar-refractivity contribution is 7.13. The number of nitrogens with zero attached hydrogens (tertiary/aromatic N) is 5. The first-order valence-corrected chi connectivity index (χ1v) is 11.0. The van der Waals surface area contributed by atoms with Gasteiger partial charge in [0, 0.05) is 45.4 Å². The quantitative estimate of drug-likeness (QED) is 0.556. The van der Waals surface area contributed by atoms with Gasteiger partial charge in [-0.25, -0.2) is 9.97 Å². The normalized spacial score (nSPS) is 25.9. The molecule has 8 nitrogen and oxygen atoms in total. The van der Waals surface area contributed by atoms with Gasteiger partial charge in [0.2, 0.25) is 11.7 Å². The molecule has 1 atom stereocenters. The van der Waals surface area contributed by atoms with Gasteiger partial charge in [0.15, 0.2) is 4.83 Å². The number of aromatic nitrogens is 3. The van der Waals surface area contributed by atoms with E-state index in [0.717, 1.165) is 73.6 Å². The summed E-state index contributed by atoms with van der Waals surface area (Å²) < 4.78 is 9.41. The highest BCUT2D eigenvalue weighted by Crippen LogP contribution is 2.31. The van der Waals surface area contributed by atoms with Crippen molar-refractivity contribution in [2.75, 3.05) is 38.6 Å². The molecule has 154 valence electrons. The SMILES string of the molecule is COC(O)N1CCN([C@H]2CC[C@H](Nc3nc(Cl)nc4snc(C)c34)CC2)CC1. The summed E-state index contributed by atoms with van der Waals surface area (Å²) in [6.45, 7) is 5.62. The fraction of sp³-hybridized carbons (Fsp3) is 0.722. The molecular formula is C18H27ClN6O2S. The summed E-state index contributed by atoms with van der Waals surface area (Å²) in [6, 6.07) is 1.000. The van der Waals surface area contributed by atoms with E-state index in [1.54, 1.807) is 0 Å². The van der Waals surface area contributed by atoms with Gasteiger partial charge in [-0.2, -0.15) is 4.37 Å². The zero-order valence-electron chi connectivity index (χ0n) is 16.3. The minimum Gasteiger partial charge on any atom is -0.367 e. The lowest BCUT2D eigenvalue weighted by molar-refractivity contribution is -0.186. The minimum absolute atomic E-state index is 0.267. The van der Waals surface area contributed by atoms with Gasteiger partial charge in [-0.3, -0.25) is 9.80 Å². The van der Waals surface area contributed by atoms with Crippen molar-refractivity contribution in [2.24, 2.45) is 0 Å². The minimum atomic E-state index is -0.784. The highest BCUT2D eigenvalue weighted by atomic mass is 35.5. The predicted molar refractivity (Wildman–Crippen MR) is 111 cm³/mol. The van der Waals surface area contributed by atoms with Crippen LogP contribution in [-0.4, -0.2) is 81.0 Å². The van der Waals surface area contributed by atoms with Crippen molar-refractivity contribution >= 4 is 39.2 Å². The van der Waals surface area contributed by atoms with Crippen molar-refractivity contribution in [3.8, 4) is 0 Å². The summed E-state index contributed by atoms with van der Waals surface area (Å²) in [5.74, 6) is 0.812. The van der Waals surface area contributed by atoms with Crippen molar-refractivity contribution in [3.05, 3.63) is 11.0 Å². The van der Waals surface area contributed by atoms with Crippen LogP contribution in [0.4, 0.5) is 5.82 Å². The average molecular weight is 427 g/mol. The Morgan fingerprint density at radius 2 is 1.89 bits per heavy atom. The number of anilines is 1. The molecule has 0 bridgehead atoms. The number of methoxy groups -OCH3 is 1. The molecule has 3 heterocycles. The van der Waals surface area contributed by atoms with Crippen LogP contribution in [0.5, 0.6) is 0 Å². The first-order chi connectivity index (χ1) is 13.5. The number of fused-ring (bicyclic) bond motifs is 1. The Hall–Kier alpha value is -1.10. The number of hydrogen-bond donors (Lipinski definition) is 2. The molecule has 1 aliphatic heterocycles. The van der Waals surface area contributed by atoms with Crippen molar-refractivity contribution < 1.29 is 9.84 Å². The number of aliphatic hydroxyl groups excluding tert-OH is 1. The van der Waals surface area contributed by atoms with Crippen molar-refractivity contribution in [1.82, 2.24) is 24.1 Å². The molecule has 2 aliphatic rings. The van der Waals surface area contributed by atoms with Gasteiger partial charge >= 0.3 is 0 Å². The van der Waals surface area contributed by atoms with Crippen LogP contribution in [0, 0.1) is 6.92 Å². The molecule has 0 radical (unpaired) electrons. The van der Waals surface area contributed by atoms with E-state index in [2.05, 4.69) is 24.6 Å². The molecule has 0 amide bonds. The molecule has 1 saturated carbocycles. The Bertz CT molecular complexity index is 805. The summed E-state index contributed by atoms with van der Waals surface area (Å²) in [6.07, 6.45) is 3.74. The molecule has 2 N–H and O–H groups in total. The fourth-order valence-electron chi connectivity index (χ4n) is 4.32. The van der Waals surface area contributed by atoms with Crippen LogP contribution in [0.1, 0.15) is 31.4 Å². The molecule has 4 rings (SSSR count). The van der Waals surface area contributed by atoms with E-state index in [4.69, 9.17) is 16.3 Å². The Morgan fingerprint density at radius 3 is 2.57 bits per heavy atom. The number of piperazine rings is 1. The van der Waals surface area contributed by atoms with E-state index in [1.165, 1.54) is 18.6 Å².